The van der Waals surface area contributed by atoms with E-state index >= 15 is 0 Å². The fourth-order valence-corrected chi connectivity index (χ4v) is 2.42. The van der Waals surface area contributed by atoms with Crippen LogP contribution in [0.3, 0.4) is 0 Å². The molecule has 1 heterocycles. The summed E-state index contributed by atoms with van der Waals surface area (Å²) in [5, 5.41) is 0.960. The molecule has 0 aliphatic carbocycles. The van der Waals surface area contributed by atoms with Gasteiger partial charge in [0, 0.05) is 18.4 Å². The Kier molecular flexibility index (Phi) is 7.67. The van der Waals surface area contributed by atoms with Gasteiger partial charge in [-0.3, -0.25) is 0 Å². The van der Waals surface area contributed by atoms with Crippen LogP contribution in [0.1, 0.15) is 39.5 Å². The Labute approximate surface area is 109 Å². The summed E-state index contributed by atoms with van der Waals surface area (Å²) in [6.45, 7) is 9.21. The molecule has 0 radical (unpaired) electrons. The van der Waals surface area contributed by atoms with E-state index < -0.39 is 0 Å². The van der Waals surface area contributed by atoms with Crippen LogP contribution in [0.25, 0.3) is 0 Å². The van der Waals surface area contributed by atoms with Crippen LogP contribution in [-0.2, 0) is 4.74 Å². The summed E-state index contributed by atoms with van der Waals surface area (Å²) < 4.78 is 5.75. The Bertz CT molecular complexity index is 167. The van der Waals surface area contributed by atoms with Gasteiger partial charge in [0.05, 0.1) is 12.7 Å². The van der Waals surface area contributed by atoms with Crippen LogP contribution in [-0.4, -0.2) is 42.6 Å². The number of ether oxygens (including phenoxy) is 1. The van der Waals surface area contributed by atoms with E-state index in [0.29, 0.717) is 6.10 Å². The quantitative estimate of drug-likeness (QED) is 0.668. The summed E-state index contributed by atoms with van der Waals surface area (Å²) in [7, 11) is 0. The zero-order chi connectivity index (χ0) is 11.8. The fourth-order valence-electron chi connectivity index (χ4n) is 2.23. The van der Waals surface area contributed by atoms with Crippen molar-refractivity contribution in [3.63, 3.8) is 0 Å². The van der Waals surface area contributed by atoms with E-state index in [2.05, 4.69) is 34.7 Å². The van der Waals surface area contributed by atoms with Gasteiger partial charge in [0.25, 0.3) is 0 Å². The van der Waals surface area contributed by atoms with Crippen molar-refractivity contribution in [1.29, 1.82) is 0 Å². The molecule has 0 N–H and O–H groups in total. The molecule has 1 rings (SSSR count). The highest BCUT2D eigenvalue weighted by Gasteiger charge is 2.18. The van der Waals surface area contributed by atoms with Crippen LogP contribution < -0.4 is 0 Å². The molecule has 0 spiro atoms. The highest BCUT2D eigenvalue weighted by Crippen LogP contribution is 2.15. The first-order valence-electron chi connectivity index (χ1n) is 6.62. The second-order valence-electron chi connectivity index (χ2n) is 5.14. The van der Waals surface area contributed by atoms with E-state index in [0.717, 1.165) is 17.9 Å². The van der Waals surface area contributed by atoms with Gasteiger partial charge >= 0.3 is 0 Å². The van der Waals surface area contributed by atoms with E-state index in [1.807, 2.05) is 0 Å². The Morgan fingerprint density at radius 2 is 2.00 bits per heavy atom. The van der Waals surface area contributed by atoms with E-state index in [1.54, 1.807) is 0 Å². The summed E-state index contributed by atoms with van der Waals surface area (Å²) in [5.41, 5.74) is 0. The minimum atomic E-state index is 0.513. The SMILES string of the molecule is CC(C)CCCN1CCC(OCCBr)CC1. The van der Waals surface area contributed by atoms with E-state index in [4.69, 9.17) is 4.74 Å². The van der Waals surface area contributed by atoms with Crippen molar-refractivity contribution in [1.82, 2.24) is 4.90 Å². The van der Waals surface area contributed by atoms with Gasteiger partial charge in [-0.15, -0.1) is 0 Å². The molecule has 1 aliphatic rings. The number of nitrogens with zero attached hydrogens (tertiary/aromatic N) is 1. The Balaban J connectivity index is 2.03. The normalized spacial score (nSPS) is 19.5. The minimum absolute atomic E-state index is 0.513. The average molecular weight is 292 g/mol. The predicted octanol–water partition coefficient (Wildman–Crippen LogP) is 3.30. The summed E-state index contributed by atoms with van der Waals surface area (Å²) in [6, 6.07) is 0. The van der Waals surface area contributed by atoms with Gasteiger partial charge in [-0.1, -0.05) is 29.8 Å². The van der Waals surface area contributed by atoms with Gasteiger partial charge in [0.1, 0.15) is 0 Å². The summed E-state index contributed by atoms with van der Waals surface area (Å²) in [5.74, 6) is 0.847. The lowest BCUT2D eigenvalue weighted by atomic mass is 10.1. The molecule has 2 nitrogen and oxygen atoms in total. The van der Waals surface area contributed by atoms with Crippen LogP contribution in [0.15, 0.2) is 0 Å². The second-order valence-corrected chi connectivity index (χ2v) is 5.93. The number of likely N-dealkylation sites (tertiary alicyclic amines) is 1. The molecule has 1 saturated heterocycles. The third-order valence-corrected chi connectivity index (χ3v) is 3.54. The van der Waals surface area contributed by atoms with Crippen molar-refractivity contribution >= 4 is 15.9 Å². The van der Waals surface area contributed by atoms with Crippen molar-refractivity contribution in [2.24, 2.45) is 5.92 Å². The minimum Gasteiger partial charge on any atom is -0.377 e. The summed E-state index contributed by atoms with van der Waals surface area (Å²) in [6.07, 6.45) is 5.66. The molecule has 96 valence electrons. The Morgan fingerprint density at radius 1 is 1.31 bits per heavy atom. The van der Waals surface area contributed by atoms with Crippen molar-refractivity contribution in [2.75, 3.05) is 31.6 Å². The standard InChI is InChI=1S/C13H26BrNO/c1-12(2)4-3-8-15-9-5-13(6-10-15)16-11-7-14/h12-13H,3-11H2,1-2H3. The molecular weight excluding hydrogens is 266 g/mol. The average Bonchev–Trinajstić information content (AvgIpc) is 2.27. The largest absolute Gasteiger partial charge is 0.377 e. The lowest BCUT2D eigenvalue weighted by molar-refractivity contribution is 0.0155. The first-order valence-corrected chi connectivity index (χ1v) is 7.74. The van der Waals surface area contributed by atoms with Gasteiger partial charge in [-0.25, -0.2) is 0 Å². The molecular formula is C13H26BrNO. The fraction of sp³-hybridized carbons (Fsp3) is 1.00. The maximum absolute atomic E-state index is 5.75. The smallest absolute Gasteiger partial charge is 0.0599 e. The molecule has 0 aromatic heterocycles. The number of piperidine rings is 1. The van der Waals surface area contributed by atoms with Gasteiger partial charge in [-0.05, 0) is 38.1 Å². The van der Waals surface area contributed by atoms with Crippen LogP contribution in [0.5, 0.6) is 0 Å². The van der Waals surface area contributed by atoms with E-state index in [9.17, 15) is 0 Å². The molecule has 0 bridgehead atoms. The molecule has 0 aromatic rings. The van der Waals surface area contributed by atoms with Crippen LogP contribution in [0.2, 0.25) is 0 Å². The maximum Gasteiger partial charge on any atom is 0.0599 e. The van der Waals surface area contributed by atoms with Crippen molar-refractivity contribution in [3.05, 3.63) is 0 Å². The number of rotatable bonds is 7. The maximum atomic E-state index is 5.75. The predicted molar refractivity (Wildman–Crippen MR) is 73.3 cm³/mol. The number of hydrogen-bond donors (Lipinski definition) is 0. The van der Waals surface area contributed by atoms with Crippen LogP contribution >= 0.6 is 15.9 Å². The monoisotopic (exact) mass is 291 g/mol. The molecule has 1 aliphatic heterocycles. The second kappa shape index (κ2) is 8.48. The highest BCUT2D eigenvalue weighted by atomic mass is 79.9. The topological polar surface area (TPSA) is 12.5 Å². The molecule has 3 heteroatoms. The molecule has 0 atom stereocenters. The Morgan fingerprint density at radius 3 is 2.56 bits per heavy atom. The number of alkyl halides is 1. The molecule has 0 saturated carbocycles. The first-order chi connectivity index (χ1) is 7.72. The third-order valence-electron chi connectivity index (χ3n) is 3.22. The van der Waals surface area contributed by atoms with Gasteiger partial charge in [0.2, 0.25) is 0 Å². The zero-order valence-electron chi connectivity index (χ0n) is 10.8. The zero-order valence-corrected chi connectivity index (χ0v) is 12.3. The molecule has 0 amide bonds. The Hall–Kier alpha value is 0.400. The molecule has 1 fully saturated rings. The van der Waals surface area contributed by atoms with Crippen molar-refractivity contribution in [2.45, 2.75) is 45.6 Å². The lowest BCUT2D eigenvalue weighted by Gasteiger charge is -2.31. The van der Waals surface area contributed by atoms with E-state index in [-0.39, 0.29) is 0 Å². The van der Waals surface area contributed by atoms with Gasteiger partial charge in [0.15, 0.2) is 0 Å². The summed E-state index contributed by atoms with van der Waals surface area (Å²) >= 11 is 3.40. The van der Waals surface area contributed by atoms with Crippen LogP contribution in [0, 0.1) is 5.92 Å². The molecule has 0 unspecified atom stereocenters. The third kappa shape index (κ3) is 6.21. The highest BCUT2D eigenvalue weighted by molar-refractivity contribution is 9.09. The van der Waals surface area contributed by atoms with Crippen molar-refractivity contribution < 1.29 is 4.74 Å². The lowest BCUT2D eigenvalue weighted by Crippen LogP contribution is -2.37. The van der Waals surface area contributed by atoms with Gasteiger partial charge in [-0.2, -0.15) is 0 Å². The number of halogens is 1. The van der Waals surface area contributed by atoms with Crippen LogP contribution in [0.4, 0.5) is 0 Å². The first kappa shape index (κ1) is 14.5. The van der Waals surface area contributed by atoms with Crippen molar-refractivity contribution in [3.8, 4) is 0 Å². The number of hydrogen-bond acceptors (Lipinski definition) is 2. The molecule has 16 heavy (non-hydrogen) atoms. The van der Waals surface area contributed by atoms with Gasteiger partial charge < -0.3 is 9.64 Å². The van der Waals surface area contributed by atoms with E-state index in [1.165, 1.54) is 45.3 Å². The molecule has 0 aromatic carbocycles. The summed E-state index contributed by atoms with van der Waals surface area (Å²) in [4.78, 5) is 2.59.